The molecule has 0 bridgehead atoms. The van der Waals surface area contributed by atoms with Crippen LogP contribution < -0.4 is 10.6 Å². The van der Waals surface area contributed by atoms with E-state index in [-0.39, 0.29) is 11.6 Å². The molecule has 0 aromatic heterocycles. The number of ether oxygens (including phenoxy) is 1. The van der Waals surface area contributed by atoms with Crippen LogP contribution in [0.15, 0.2) is 0 Å². The first-order valence-corrected chi connectivity index (χ1v) is 5.13. The Kier molecular flexibility index (Phi) is 2.60. The maximum Gasteiger partial charge on any atom is 0.409 e. The molecular weight excluding hydrogens is 182 g/mol. The normalized spacial score (nSPS) is 24.5. The molecule has 14 heavy (non-hydrogen) atoms. The summed E-state index contributed by atoms with van der Waals surface area (Å²) in [6, 6.07) is 0. The van der Waals surface area contributed by atoms with Gasteiger partial charge in [-0.25, -0.2) is 4.79 Å². The van der Waals surface area contributed by atoms with Gasteiger partial charge in [0.1, 0.15) is 0 Å². The molecule has 2 aliphatic rings. The average molecular weight is 199 g/mol. The highest BCUT2D eigenvalue weighted by Gasteiger charge is 2.46. The smallest absolute Gasteiger partial charge is 0.409 e. The maximum atomic E-state index is 11.3. The molecule has 2 aliphatic heterocycles. The lowest BCUT2D eigenvalue weighted by molar-refractivity contribution is 0.0201. The van der Waals surface area contributed by atoms with E-state index in [2.05, 4.69) is 10.6 Å². The monoisotopic (exact) mass is 199 g/mol. The summed E-state index contributed by atoms with van der Waals surface area (Å²) in [4.78, 5) is 13.0. The summed E-state index contributed by atoms with van der Waals surface area (Å²) in [6.07, 6.45) is -0.189. The van der Waals surface area contributed by atoms with E-state index in [0.717, 1.165) is 32.7 Å². The van der Waals surface area contributed by atoms with E-state index in [4.69, 9.17) is 4.74 Å². The van der Waals surface area contributed by atoms with Crippen molar-refractivity contribution in [2.24, 2.45) is 0 Å². The summed E-state index contributed by atoms with van der Waals surface area (Å²) < 4.78 is 4.92. The van der Waals surface area contributed by atoms with Crippen molar-refractivity contribution in [1.29, 1.82) is 0 Å². The molecule has 5 nitrogen and oxygen atoms in total. The number of likely N-dealkylation sites (tertiary alicyclic amines) is 1. The minimum atomic E-state index is -0.189. The number of carbonyl (C=O) groups excluding carboxylic acids is 1. The summed E-state index contributed by atoms with van der Waals surface area (Å²) in [5.41, 5.74) is 0.116. The topological polar surface area (TPSA) is 53.6 Å². The van der Waals surface area contributed by atoms with Gasteiger partial charge in [-0.2, -0.15) is 0 Å². The fourth-order valence-corrected chi connectivity index (χ4v) is 2.06. The second-order valence-electron chi connectivity index (χ2n) is 3.94. The van der Waals surface area contributed by atoms with Crippen molar-refractivity contribution in [2.45, 2.75) is 12.5 Å². The molecule has 2 fully saturated rings. The Morgan fingerprint density at radius 2 is 2.29 bits per heavy atom. The SMILES string of the molecule is CCOC(=O)N1CC2(CNCCN2)C1. The molecule has 0 atom stereocenters. The zero-order chi connectivity index (χ0) is 10.0. The fraction of sp³-hybridized carbons (Fsp3) is 0.889. The lowest BCUT2D eigenvalue weighted by atomic mass is 9.88. The van der Waals surface area contributed by atoms with E-state index < -0.39 is 0 Å². The number of hydrogen-bond donors (Lipinski definition) is 2. The van der Waals surface area contributed by atoms with Crippen molar-refractivity contribution >= 4 is 6.09 Å². The first-order chi connectivity index (χ1) is 6.76. The van der Waals surface area contributed by atoms with Crippen molar-refractivity contribution in [3.63, 3.8) is 0 Å². The minimum absolute atomic E-state index is 0.116. The molecule has 0 saturated carbocycles. The van der Waals surface area contributed by atoms with Crippen LogP contribution in [0.1, 0.15) is 6.92 Å². The average Bonchev–Trinajstić information content (AvgIpc) is 2.16. The molecule has 2 saturated heterocycles. The van der Waals surface area contributed by atoms with Crippen LogP contribution in [0.5, 0.6) is 0 Å². The lowest BCUT2D eigenvalue weighted by Crippen LogP contribution is -2.76. The highest BCUT2D eigenvalue weighted by molar-refractivity contribution is 5.69. The summed E-state index contributed by atoms with van der Waals surface area (Å²) in [5.74, 6) is 0. The predicted octanol–water partition coefficient (Wildman–Crippen LogP) is -0.610. The minimum Gasteiger partial charge on any atom is -0.450 e. The maximum absolute atomic E-state index is 11.3. The molecule has 0 unspecified atom stereocenters. The zero-order valence-electron chi connectivity index (χ0n) is 8.51. The van der Waals surface area contributed by atoms with Crippen LogP contribution in [-0.4, -0.2) is 55.9 Å². The van der Waals surface area contributed by atoms with E-state index in [1.165, 1.54) is 0 Å². The Hall–Kier alpha value is -0.810. The first-order valence-electron chi connectivity index (χ1n) is 5.13. The largest absolute Gasteiger partial charge is 0.450 e. The Labute approximate surface area is 83.8 Å². The summed E-state index contributed by atoms with van der Waals surface area (Å²) in [7, 11) is 0. The second-order valence-corrected chi connectivity index (χ2v) is 3.94. The highest BCUT2D eigenvalue weighted by atomic mass is 16.6. The predicted molar refractivity (Wildman–Crippen MR) is 52.2 cm³/mol. The van der Waals surface area contributed by atoms with Gasteiger partial charge in [-0.05, 0) is 6.92 Å². The van der Waals surface area contributed by atoms with Crippen molar-refractivity contribution in [1.82, 2.24) is 15.5 Å². The zero-order valence-corrected chi connectivity index (χ0v) is 8.51. The third kappa shape index (κ3) is 1.69. The quantitative estimate of drug-likeness (QED) is 0.591. The van der Waals surface area contributed by atoms with Gasteiger partial charge in [0.25, 0.3) is 0 Å². The Morgan fingerprint density at radius 1 is 1.50 bits per heavy atom. The molecule has 2 rings (SSSR count). The van der Waals surface area contributed by atoms with Gasteiger partial charge in [0.05, 0.1) is 12.1 Å². The van der Waals surface area contributed by atoms with Gasteiger partial charge in [-0.3, -0.25) is 0 Å². The van der Waals surface area contributed by atoms with Gasteiger partial charge in [-0.1, -0.05) is 0 Å². The summed E-state index contributed by atoms with van der Waals surface area (Å²) in [6.45, 7) is 6.75. The lowest BCUT2D eigenvalue weighted by Gasteiger charge is -2.51. The van der Waals surface area contributed by atoms with Crippen LogP contribution in [0.25, 0.3) is 0 Å². The molecule has 1 spiro atoms. The van der Waals surface area contributed by atoms with Crippen molar-refractivity contribution in [3.8, 4) is 0 Å². The number of nitrogens with one attached hydrogen (secondary N) is 2. The van der Waals surface area contributed by atoms with Crippen molar-refractivity contribution in [3.05, 3.63) is 0 Å². The molecule has 0 aromatic rings. The molecule has 80 valence electrons. The molecule has 2 N–H and O–H groups in total. The van der Waals surface area contributed by atoms with Gasteiger partial charge in [0.15, 0.2) is 0 Å². The van der Waals surface area contributed by atoms with Crippen LogP contribution in [0.2, 0.25) is 0 Å². The molecule has 0 aromatic carbocycles. The Balaban J connectivity index is 1.79. The van der Waals surface area contributed by atoms with E-state index in [1.807, 2.05) is 6.92 Å². The van der Waals surface area contributed by atoms with Gasteiger partial charge in [0.2, 0.25) is 0 Å². The summed E-state index contributed by atoms with van der Waals surface area (Å²) >= 11 is 0. The van der Waals surface area contributed by atoms with E-state index in [0.29, 0.717) is 6.61 Å². The van der Waals surface area contributed by atoms with Crippen LogP contribution in [0.4, 0.5) is 4.79 Å². The number of piperazine rings is 1. The van der Waals surface area contributed by atoms with Crippen molar-refractivity contribution < 1.29 is 9.53 Å². The van der Waals surface area contributed by atoms with Gasteiger partial charge in [0, 0.05) is 32.7 Å². The van der Waals surface area contributed by atoms with Gasteiger partial charge < -0.3 is 20.3 Å². The third-order valence-corrected chi connectivity index (χ3v) is 2.78. The van der Waals surface area contributed by atoms with Crippen LogP contribution in [0, 0.1) is 0 Å². The second kappa shape index (κ2) is 3.74. The third-order valence-electron chi connectivity index (χ3n) is 2.78. The molecule has 2 heterocycles. The number of amides is 1. The number of carbonyl (C=O) groups is 1. The van der Waals surface area contributed by atoms with Crippen LogP contribution in [-0.2, 0) is 4.74 Å². The first kappa shape index (κ1) is 9.73. The van der Waals surface area contributed by atoms with Gasteiger partial charge in [-0.15, -0.1) is 0 Å². The molecule has 0 aliphatic carbocycles. The standard InChI is InChI=1S/C9H17N3O2/c1-2-14-8(13)12-6-9(7-12)5-10-3-4-11-9/h10-11H,2-7H2,1H3. The fourth-order valence-electron chi connectivity index (χ4n) is 2.06. The van der Waals surface area contributed by atoms with E-state index >= 15 is 0 Å². The molecular formula is C9H17N3O2. The van der Waals surface area contributed by atoms with E-state index in [1.54, 1.807) is 4.90 Å². The highest BCUT2D eigenvalue weighted by Crippen LogP contribution is 2.22. The van der Waals surface area contributed by atoms with Crippen LogP contribution >= 0.6 is 0 Å². The Morgan fingerprint density at radius 3 is 2.86 bits per heavy atom. The summed E-state index contributed by atoms with van der Waals surface area (Å²) in [5, 5.41) is 6.77. The van der Waals surface area contributed by atoms with Gasteiger partial charge >= 0.3 is 6.09 Å². The molecule has 0 radical (unpaired) electrons. The van der Waals surface area contributed by atoms with Crippen molar-refractivity contribution in [2.75, 3.05) is 39.3 Å². The van der Waals surface area contributed by atoms with Crippen LogP contribution in [0.3, 0.4) is 0 Å². The van der Waals surface area contributed by atoms with E-state index in [9.17, 15) is 4.79 Å². The number of rotatable bonds is 1. The number of hydrogen-bond acceptors (Lipinski definition) is 4. The molecule has 5 heteroatoms. The molecule has 1 amide bonds. The number of nitrogens with zero attached hydrogens (tertiary/aromatic N) is 1. The Bertz CT molecular complexity index is 218.